The van der Waals surface area contributed by atoms with Crippen LogP contribution in [0.25, 0.3) is 0 Å². The zero-order chi connectivity index (χ0) is 14.1. The van der Waals surface area contributed by atoms with E-state index in [9.17, 15) is 4.79 Å². The van der Waals surface area contributed by atoms with Crippen LogP contribution in [-0.4, -0.2) is 32.3 Å². The molecule has 3 rings (SSSR count). The number of anilines is 1. The van der Waals surface area contributed by atoms with E-state index in [1.54, 1.807) is 7.05 Å². The number of benzene rings is 1. The van der Waals surface area contributed by atoms with Crippen molar-refractivity contribution >= 4 is 27.5 Å². The number of nitrogens with one attached hydrogen (secondary N) is 2. The molecule has 1 saturated heterocycles. The molecule has 2 aliphatic rings. The van der Waals surface area contributed by atoms with Crippen LogP contribution in [0.1, 0.15) is 24.4 Å². The van der Waals surface area contributed by atoms with Crippen LogP contribution in [0.3, 0.4) is 0 Å². The molecule has 1 atom stereocenters. The standard InChI is InChI=1S/C14H17BrN2O3/c1-16-13-9-6-10(15)12(7-11(9)17-14(13)18)20-8-2-4-19-5-3-8/h6-8,13,16H,2-5H2,1H3,(H,17,18). The van der Waals surface area contributed by atoms with Gasteiger partial charge in [-0.1, -0.05) is 0 Å². The molecule has 0 aromatic heterocycles. The molecule has 0 bridgehead atoms. The van der Waals surface area contributed by atoms with Crippen LogP contribution >= 0.6 is 15.9 Å². The van der Waals surface area contributed by atoms with Gasteiger partial charge in [0.05, 0.1) is 17.7 Å². The first-order valence-electron chi connectivity index (χ1n) is 6.75. The monoisotopic (exact) mass is 340 g/mol. The van der Waals surface area contributed by atoms with Crippen molar-refractivity contribution in [2.24, 2.45) is 0 Å². The molecule has 2 heterocycles. The topological polar surface area (TPSA) is 59.6 Å². The normalized spacial score (nSPS) is 22.5. The van der Waals surface area contributed by atoms with Gasteiger partial charge < -0.3 is 20.1 Å². The van der Waals surface area contributed by atoms with Crippen molar-refractivity contribution in [1.82, 2.24) is 5.32 Å². The van der Waals surface area contributed by atoms with E-state index < -0.39 is 0 Å². The van der Waals surface area contributed by atoms with Gasteiger partial charge in [0.25, 0.3) is 0 Å². The molecule has 108 valence electrons. The minimum Gasteiger partial charge on any atom is -0.489 e. The van der Waals surface area contributed by atoms with E-state index in [-0.39, 0.29) is 18.1 Å². The smallest absolute Gasteiger partial charge is 0.246 e. The Morgan fingerprint density at radius 1 is 1.40 bits per heavy atom. The Kier molecular flexibility index (Phi) is 3.96. The number of likely N-dealkylation sites (N-methyl/N-ethyl adjacent to an activating group) is 1. The second-order valence-electron chi connectivity index (χ2n) is 5.01. The van der Waals surface area contributed by atoms with Crippen LogP contribution in [0, 0.1) is 0 Å². The largest absolute Gasteiger partial charge is 0.489 e. The minimum absolute atomic E-state index is 0.0300. The Morgan fingerprint density at radius 2 is 2.15 bits per heavy atom. The molecule has 1 aromatic carbocycles. The van der Waals surface area contributed by atoms with Gasteiger partial charge in [-0.2, -0.15) is 0 Å². The highest BCUT2D eigenvalue weighted by Gasteiger charge is 2.30. The quantitative estimate of drug-likeness (QED) is 0.885. The van der Waals surface area contributed by atoms with Crippen molar-refractivity contribution in [2.45, 2.75) is 25.0 Å². The summed E-state index contributed by atoms with van der Waals surface area (Å²) >= 11 is 3.53. The number of carbonyl (C=O) groups excluding carboxylic acids is 1. The summed E-state index contributed by atoms with van der Waals surface area (Å²) in [7, 11) is 1.78. The average molecular weight is 341 g/mol. The summed E-state index contributed by atoms with van der Waals surface area (Å²) in [5, 5.41) is 5.88. The van der Waals surface area contributed by atoms with Crippen molar-refractivity contribution < 1.29 is 14.3 Å². The first-order chi connectivity index (χ1) is 9.69. The van der Waals surface area contributed by atoms with Crippen molar-refractivity contribution in [3.05, 3.63) is 22.2 Å². The fourth-order valence-electron chi connectivity index (χ4n) is 2.61. The number of rotatable bonds is 3. The average Bonchev–Trinajstić information content (AvgIpc) is 2.75. The number of ether oxygens (including phenoxy) is 2. The summed E-state index contributed by atoms with van der Waals surface area (Å²) in [6.07, 6.45) is 1.97. The molecule has 1 aromatic rings. The maximum atomic E-state index is 11.8. The van der Waals surface area contributed by atoms with Gasteiger partial charge in [-0.25, -0.2) is 0 Å². The van der Waals surface area contributed by atoms with Crippen LogP contribution in [-0.2, 0) is 9.53 Å². The summed E-state index contributed by atoms with van der Waals surface area (Å²) in [5.41, 5.74) is 1.77. The molecule has 1 fully saturated rings. The van der Waals surface area contributed by atoms with E-state index in [0.717, 1.165) is 47.5 Å². The molecule has 0 aliphatic carbocycles. The number of fused-ring (bicyclic) bond motifs is 1. The summed E-state index contributed by atoms with van der Waals surface area (Å²) in [4.78, 5) is 11.8. The maximum absolute atomic E-state index is 11.8. The fraction of sp³-hybridized carbons (Fsp3) is 0.500. The molecule has 1 unspecified atom stereocenters. The zero-order valence-corrected chi connectivity index (χ0v) is 12.8. The lowest BCUT2D eigenvalue weighted by atomic mass is 10.1. The van der Waals surface area contributed by atoms with E-state index in [1.165, 1.54) is 0 Å². The minimum atomic E-state index is -0.293. The molecule has 20 heavy (non-hydrogen) atoms. The third kappa shape index (κ3) is 2.55. The number of carbonyl (C=O) groups is 1. The van der Waals surface area contributed by atoms with Crippen LogP contribution in [0.4, 0.5) is 5.69 Å². The number of hydrogen-bond acceptors (Lipinski definition) is 4. The highest BCUT2D eigenvalue weighted by atomic mass is 79.9. The molecular weight excluding hydrogens is 324 g/mol. The Labute approximate surface area is 126 Å². The Morgan fingerprint density at radius 3 is 2.85 bits per heavy atom. The van der Waals surface area contributed by atoms with Crippen molar-refractivity contribution in [3.63, 3.8) is 0 Å². The lowest BCUT2D eigenvalue weighted by molar-refractivity contribution is -0.117. The first-order valence-corrected chi connectivity index (χ1v) is 7.54. The summed E-state index contributed by atoms with van der Waals surface area (Å²) in [6, 6.07) is 3.55. The predicted octanol–water partition coefficient (Wildman–Crippen LogP) is 2.22. The van der Waals surface area contributed by atoms with E-state index in [2.05, 4.69) is 26.6 Å². The van der Waals surface area contributed by atoms with Crippen molar-refractivity contribution in [3.8, 4) is 5.75 Å². The van der Waals surface area contributed by atoms with E-state index in [1.807, 2.05) is 12.1 Å². The van der Waals surface area contributed by atoms with Gasteiger partial charge in [0, 0.05) is 30.2 Å². The van der Waals surface area contributed by atoms with Crippen LogP contribution in [0.5, 0.6) is 5.75 Å². The molecule has 1 amide bonds. The molecule has 6 heteroatoms. The van der Waals surface area contributed by atoms with Crippen LogP contribution in [0.15, 0.2) is 16.6 Å². The van der Waals surface area contributed by atoms with Gasteiger partial charge in [0.15, 0.2) is 0 Å². The molecule has 2 aliphatic heterocycles. The molecule has 2 N–H and O–H groups in total. The lowest BCUT2D eigenvalue weighted by Gasteiger charge is -2.24. The third-order valence-corrected chi connectivity index (χ3v) is 4.31. The molecule has 0 radical (unpaired) electrons. The summed E-state index contributed by atoms with van der Waals surface area (Å²) in [5.74, 6) is 0.741. The maximum Gasteiger partial charge on any atom is 0.246 e. The van der Waals surface area contributed by atoms with E-state index in [0.29, 0.717) is 0 Å². The number of hydrogen-bond donors (Lipinski definition) is 2. The lowest BCUT2D eigenvalue weighted by Crippen LogP contribution is -2.26. The van der Waals surface area contributed by atoms with Gasteiger partial charge in [0.2, 0.25) is 5.91 Å². The fourth-order valence-corrected chi connectivity index (χ4v) is 3.07. The second kappa shape index (κ2) is 5.71. The van der Waals surface area contributed by atoms with Gasteiger partial charge in [0.1, 0.15) is 17.9 Å². The van der Waals surface area contributed by atoms with Gasteiger partial charge >= 0.3 is 0 Å². The summed E-state index contributed by atoms with van der Waals surface area (Å²) in [6.45, 7) is 1.48. The van der Waals surface area contributed by atoms with E-state index in [4.69, 9.17) is 9.47 Å². The first kappa shape index (κ1) is 13.9. The van der Waals surface area contributed by atoms with Crippen molar-refractivity contribution in [2.75, 3.05) is 25.6 Å². The molecule has 0 saturated carbocycles. The van der Waals surface area contributed by atoms with Gasteiger partial charge in [-0.15, -0.1) is 0 Å². The Balaban J connectivity index is 1.83. The highest BCUT2D eigenvalue weighted by Crippen LogP contribution is 2.39. The number of amides is 1. The predicted molar refractivity (Wildman–Crippen MR) is 79.0 cm³/mol. The SMILES string of the molecule is CNC1C(=O)Nc2cc(OC3CCOCC3)c(Br)cc21. The number of halogens is 1. The Bertz CT molecular complexity index is 529. The third-order valence-electron chi connectivity index (χ3n) is 3.69. The summed E-state index contributed by atoms with van der Waals surface area (Å²) < 4.78 is 12.2. The zero-order valence-electron chi connectivity index (χ0n) is 11.2. The molecule has 0 spiro atoms. The molecule has 5 nitrogen and oxygen atoms in total. The van der Waals surface area contributed by atoms with Crippen LogP contribution in [0.2, 0.25) is 0 Å². The highest BCUT2D eigenvalue weighted by molar-refractivity contribution is 9.10. The molecular formula is C14H17BrN2O3. The Hall–Kier alpha value is -1.11. The van der Waals surface area contributed by atoms with E-state index >= 15 is 0 Å². The van der Waals surface area contributed by atoms with Gasteiger partial charge in [-0.05, 0) is 29.0 Å². The second-order valence-corrected chi connectivity index (χ2v) is 5.86. The van der Waals surface area contributed by atoms with Crippen molar-refractivity contribution in [1.29, 1.82) is 0 Å². The van der Waals surface area contributed by atoms with Crippen LogP contribution < -0.4 is 15.4 Å². The van der Waals surface area contributed by atoms with Gasteiger partial charge in [-0.3, -0.25) is 4.79 Å².